The second-order valence-electron chi connectivity index (χ2n) is 9.23. The van der Waals surface area contributed by atoms with Crippen LogP contribution in [0.5, 0.6) is 0 Å². The third-order valence-electron chi connectivity index (χ3n) is 6.46. The molecule has 4 unspecified atom stereocenters. The Morgan fingerprint density at radius 2 is 2.06 bits per heavy atom. The van der Waals surface area contributed by atoms with Crippen molar-refractivity contribution in [2.75, 3.05) is 6.54 Å². The summed E-state index contributed by atoms with van der Waals surface area (Å²) in [5.41, 5.74) is 1.91. The van der Waals surface area contributed by atoms with Crippen molar-refractivity contribution in [2.45, 2.75) is 65.0 Å². The van der Waals surface area contributed by atoms with E-state index < -0.39 is 12.1 Å². The Bertz CT molecular complexity index is 961. The second-order valence-corrected chi connectivity index (χ2v) is 9.23. The maximum atomic E-state index is 12.8. The van der Waals surface area contributed by atoms with Gasteiger partial charge in [-0.05, 0) is 42.2 Å². The number of aromatic nitrogens is 1. The number of rotatable bonds is 8. The van der Waals surface area contributed by atoms with Gasteiger partial charge in [0, 0.05) is 30.1 Å². The van der Waals surface area contributed by atoms with Crippen LogP contribution in [0.2, 0.25) is 0 Å². The Labute approximate surface area is 189 Å². The maximum absolute atomic E-state index is 12.8. The van der Waals surface area contributed by atoms with E-state index in [4.69, 9.17) is 10.00 Å². The molecular weight excluding hydrogens is 404 g/mol. The van der Waals surface area contributed by atoms with Gasteiger partial charge in [0.15, 0.2) is 0 Å². The summed E-state index contributed by atoms with van der Waals surface area (Å²) in [7, 11) is 0. The van der Waals surface area contributed by atoms with Crippen LogP contribution in [0, 0.1) is 29.1 Å². The predicted molar refractivity (Wildman–Crippen MR) is 124 cm³/mol. The number of fused-ring (bicyclic) bond motifs is 1. The average Bonchev–Trinajstić information content (AvgIpc) is 3.16. The Morgan fingerprint density at radius 1 is 1.28 bits per heavy atom. The van der Waals surface area contributed by atoms with Crippen LogP contribution in [0.4, 0.5) is 4.79 Å². The van der Waals surface area contributed by atoms with E-state index in [0.717, 1.165) is 35.7 Å². The van der Waals surface area contributed by atoms with Gasteiger partial charge in [0.1, 0.15) is 12.1 Å². The fraction of sp³-hybridized carbons (Fsp3) is 0.560. The van der Waals surface area contributed by atoms with Crippen LogP contribution in [0.25, 0.3) is 10.9 Å². The number of nitriles is 1. The van der Waals surface area contributed by atoms with Crippen molar-refractivity contribution in [2.24, 2.45) is 17.8 Å². The molecular formula is C25H34N4O3. The highest BCUT2D eigenvalue weighted by Gasteiger charge is 2.34. The Kier molecular flexibility index (Phi) is 8.15. The number of nitrogens with zero attached hydrogens (tertiary/aromatic N) is 1. The number of benzene rings is 1. The summed E-state index contributed by atoms with van der Waals surface area (Å²) in [5.74, 6) is 0.948. The minimum Gasteiger partial charge on any atom is -0.446 e. The van der Waals surface area contributed by atoms with Crippen LogP contribution < -0.4 is 10.6 Å². The highest BCUT2D eigenvalue weighted by Crippen LogP contribution is 2.35. The van der Waals surface area contributed by atoms with Gasteiger partial charge in [-0.15, -0.1) is 0 Å². The van der Waals surface area contributed by atoms with E-state index in [1.165, 1.54) is 0 Å². The Morgan fingerprint density at radius 3 is 2.81 bits per heavy atom. The number of aromatic amines is 1. The lowest BCUT2D eigenvalue weighted by Gasteiger charge is -2.36. The van der Waals surface area contributed by atoms with E-state index in [2.05, 4.69) is 36.4 Å². The molecule has 2 amide bonds. The third kappa shape index (κ3) is 6.03. The summed E-state index contributed by atoms with van der Waals surface area (Å²) in [5, 5.41) is 15.3. The smallest absolute Gasteiger partial charge is 0.408 e. The molecule has 1 heterocycles. The summed E-state index contributed by atoms with van der Waals surface area (Å²) in [6, 6.07) is 9.07. The monoisotopic (exact) mass is 438 g/mol. The van der Waals surface area contributed by atoms with Crippen molar-refractivity contribution in [1.82, 2.24) is 15.6 Å². The number of ether oxygens (including phenoxy) is 1. The lowest BCUT2D eigenvalue weighted by atomic mass is 9.75. The van der Waals surface area contributed by atoms with Crippen LogP contribution in [-0.2, 0) is 16.0 Å². The molecule has 3 N–H and O–H groups in total. The van der Waals surface area contributed by atoms with E-state index in [-0.39, 0.29) is 25.0 Å². The molecule has 4 atom stereocenters. The van der Waals surface area contributed by atoms with Gasteiger partial charge in [0.2, 0.25) is 5.91 Å². The molecule has 7 nitrogen and oxygen atoms in total. The number of hydrogen-bond donors (Lipinski definition) is 3. The van der Waals surface area contributed by atoms with Crippen molar-refractivity contribution in [1.29, 1.82) is 5.26 Å². The summed E-state index contributed by atoms with van der Waals surface area (Å²) >= 11 is 0. The molecule has 1 aromatic carbocycles. The number of hydrogen-bond acceptors (Lipinski definition) is 4. The number of carbonyl (C=O) groups is 2. The number of alkyl carbamates (subject to hydrolysis) is 1. The van der Waals surface area contributed by atoms with Crippen molar-refractivity contribution in [3.8, 4) is 6.07 Å². The Hall–Kier alpha value is -3.01. The van der Waals surface area contributed by atoms with Gasteiger partial charge < -0.3 is 20.4 Å². The van der Waals surface area contributed by atoms with Gasteiger partial charge in [-0.25, -0.2) is 4.79 Å². The number of amides is 2. The zero-order valence-electron chi connectivity index (χ0n) is 19.2. The predicted octanol–water partition coefficient (Wildman–Crippen LogP) is 4.30. The molecule has 0 spiro atoms. The van der Waals surface area contributed by atoms with Crippen molar-refractivity contribution < 1.29 is 14.3 Å². The first kappa shape index (κ1) is 23.6. The summed E-state index contributed by atoms with van der Waals surface area (Å²) in [6.45, 7) is 6.76. The van der Waals surface area contributed by atoms with Gasteiger partial charge in [0.25, 0.3) is 0 Å². The molecule has 172 valence electrons. The summed E-state index contributed by atoms with van der Waals surface area (Å²) < 4.78 is 5.86. The lowest BCUT2D eigenvalue weighted by molar-refractivity contribution is -0.123. The minimum absolute atomic E-state index is 0.144. The molecule has 2 aromatic rings. The molecule has 1 aromatic heterocycles. The van der Waals surface area contributed by atoms with Crippen molar-refractivity contribution in [3.63, 3.8) is 0 Å². The van der Waals surface area contributed by atoms with Crippen LogP contribution in [0.3, 0.4) is 0 Å². The first-order valence-electron chi connectivity index (χ1n) is 11.6. The van der Waals surface area contributed by atoms with E-state index in [1.54, 1.807) is 0 Å². The van der Waals surface area contributed by atoms with Crippen LogP contribution in [0.1, 0.15) is 52.0 Å². The van der Waals surface area contributed by atoms with Crippen molar-refractivity contribution in [3.05, 3.63) is 36.0 Å². The maximum Gasteiger partial charge on any atom is 0.408 e. The molecule has 0 aliphatic heterocycles. The molecule has 0 radical (unpaired) electrons. The highest BCUT2D eigenvalue weighted by atomic mass is 16.6. The number of para-hydroxylation sites is 1. The lowest BCUT2D eigenvalue weighted by Crippen LogP contribution is -2.49. The normalized spacial score (nSPS) is 21.7. The van der Waals surface area contributed by atoms with Gasteiger partial charge in [-0.3, -0.25) is 4.79 Å². The SMILES string of the molecule is CC1CCC(C(C)C)C(OC(=O)NC(Cc2c[nH]c3ccccc23)C(=O)NCCC#N)C1. The quantitative estimate of drug-likeness (QED) is 0.534. The molecule has 1 aliphatic carbocycles. The molecule has 1 saturated carbocycles. The number of nitrogens with one attached hydrogen (secondary N) is 3. The van der Waals surface area contributed by atoms with E-state index >= 15 is 0 Å². The fourth-order valence-corrected chi connectivity index (χ4v) is 4.66. The van der Waals surface area contributed by atoms with E-state index in [1.807, 2.05) is 36.5 Å². The number of carbonyl (C=O) groups excluding carboxylic acids is 2. The number of H-pyrrole nitrogens is 1. The van der Waals surface area contributed by atoms with Crippen LogP contribution in [0.15, 0.2) is 30.5 Å². The van der Waals surface area contributed by atoms with E-state index in [9.17, 15) is 9.59 Å². The largest absolute Gasteiger partial charge is 0.446 e. The molecule has 1 fully saturated rings. The Balaban J connectivity index is 1.71. The minimum atomic E-state index is -0.793. The van der Waals surface area contributed by atoms with Gasteiger partial charge in [-0.1, -0.05) is 45.4 Å². The first-order chi connectivity index (χ1) is 15.4. The summed E-state index contributed by atoms with van der Waals surface area (Å²) in [4.78, 5) is 28.9. The van der Waals surface area contributed by atoms with Crippen LogP contribution >= 0.6 is 0 Å². The summed E-state index contributed by atoms with van der Waals surface area (Å²) in [6.07, 6.45) is 4.74. The zero-order chi connectivity index (χ0) is 23.1. The van der Waals surface area contributed by atoms with Crippen LogP contribution in [-0.4, -0.2) is 35.7 Å². The topological polar surface area (TPSA) is 107 Å². The zero-order valence-corrected chi connectivity index (χ0v) is 19.2. The second kappa shape index (κ2) is 11.0. The van der Waals surface area contributed by atoms with E-state index in [0.29, 0.717) is 24.2 Å². The van der Waals surface area contributed by atoms with Gasteiger partial charge in [-0.2, -0.15) is 5.26 Å². The van der Waals surface area contributed by atoms with Gasteiger partial charge in [0.05, 0.1) is 12.5 Å². The molecule has 3 rings (SSSR count). The third-order valence-corrected chi connectivity index (χ3v) is 6.46. The molecule has 0 saturated heterocycles. The fourth-order valence-electron chi connectivity index (χ4n) is 4.66. The molecule has 7 heteroatoms. The van der Waals surface area contributed by atoms with Gasteiger partial charge >= 0.3 is 6.09 Å². The average molecular weight is 439 g/mol. The molecule has 1 aliphatic rings. The molecule has 0 bridgehead atoms. The highest BCUT2D eigenvalue weighted by molar-refractivity contribution is 5.88. The standard InChI is InChI=1S/C25H34N4O3/c1-16(2)19-10-9-17(3)13-23(19)32-25(31)29-22(24(30)27-12-6-11-26)14-18-15-28-21-8-5-4-7-20(18)21/h4-5,7-8,15-17,19,22-23,28H,6,9-10,12-14H2,1-3H3,(H,27,30)(H,29,31). The first-order valence-corrected chi connectivity index (χ1v) is 11.6. The van der Waals surface area contributed by atoms with Crippen molar-refractivity contribution >= 4 is 22.9 Å². The molecule has 32 heavy (non-hydrogen) atoms.